The summed E-state index contributed by atoms with van der Waals surface area (Å²) in [5.74, 6) is 2.09. The Labute approximate surface area is 188 Å². The fourth-order valence-corrected chi connectivity index (χ4v) is 2.89. The second-order valence-corrected chi connectivity index (χ2v) is 8.10. The summed E-state index contributed by atoms with van der Waals surface area (Å²) in [6.45, 7) is 10.2. The van der Waals surface area contributed by atoms with Crippen LogP contribution >= 0.6 is 0 Å². The van der Waals surface area contributed by atoms with E-state index in [0.717, 1.165) is 11.3 Å². The third-order valence-electron chi connectivity index (χ3n) is 4.57. The van der Waals surface area contributed by atoms with Crippen LogP contribution < -0.4 is 14.8 Å². The molecule has 0 atom stereocenters. The Morgan fingerprint density at radius 3 is 2.66 bits per heavy atom. The van der Waals surface area contributed by atoms with Crippen molar-refractivity contribution in [3.05, 3.63) is 78.6 Å². The highest BCUT2D eigenvalue weighted by Gasteiger charge is 2.21. The molecule has 0 spiro atoms. The highest BCUT2D eigenvalue weighted by Crippen LogP contribution is 2.29. The first-order chi connectivity index (χ1) is 15.3. The summed E-state index contributed by atoms with van der Waals surface area (Å²) >= 11 is 0. The maximum Gasteiger partial charge on any atom is 0.249 e. The number of benzene rings is 1. The fraction of sp³-hybridized carbons (Fsp3) is 0.240. The second-order valence-electron chi connectivity index (χ2n) is 8.10. The van der Waals surface area contributed by atoms with Crippen molar-refractivity contribution in [1.29, 1.82) is 0 Å². The van der Waals surface area contributed by atoms with Crippen LogP contribution in [0, 0.1) is 0 Å². The van der Waals surface area contributed by atoms with Crippen molar-refractivity contribution >= 4 is 17.8 Å². The molecule has 1 amide bonds. The van der Waals surface area contributed by atoms with Gasteiger partial charge < -0.3 is 14.8 Å². The van der Waals surface area contributed by atoms with Gasteiger partial charge >= 0.3 is 0 Å². The zero-order valence-corrected chi connectivity index (χ0v) is 18.8. The second kappa shape index (κ2) is 9.96. The van der Waals surface area contributed by atoms with Crippen molar-refractivity contribution in [3.63, 3.8) is 0 Å². The molecule has 1 N–H and O–H groups in total. The number of carbonyl (C=O) groups excluding carboxylic acids is 1. The number of carbonyl (C=O) groups is 1. The van der Waals surface area contributed by atoms with E-state index in [1.165, 1.54) is 6.08 Å². The third kappa shape index (κ3) is 5.63. The Morgan fingerprint density at radius 2 is 2.00 bits per heavy atom. The maximum absolute atomic E-state index is 12.7. The monoisotopic (exact) mass is 432 g/mol. The first-order valence-corrected chi connectivity index (χ1v) is 10.2. The zero-order chi connectivity index (χ0) is 23.1. The van der Waals surface area contributed by atoms with Crippen LogP contribution in [0.2, 0.25) is 0 Å². The van der Waals surface area contributed by atoms with Gasteiger partial charge in [-0.15, -0.1) is 0 Å². The molecule has 32 heavy (non-hydrogen) atoms. The summed E-state index contributed by atoms with van der Waals surface area (Å²) in [5, 5.41) is 7.57. The molecule has 2 heterocycles. The predicted octanol–water partition coefficient (Wildman–Crippen LogP) is 4.79. The number of aromatic nitrogens is 3. The van der Waals surface area contributed by atoms with Gasteiger partial charge in [0.15, 0.2) is 17.3 Å². The summed E-state index contributed by atoms with van der Waals surface area (Å²) in [7, 11) is 1.57. The molecule has 0 saturated heterocycles. The Balaban J connectivity index is 1.81. The van der Waals surface area contributed by atoms with E-state index in [1.54, 1.807) is 42.3 Å². The van der Waals surface area contributed by atoms with Crippen molar-refractivity contribution in [2.24, 2.45) is 0 Å². The number of anilines is 1. The van der Waals surface area contributed by atoms with E-state index in [0.29, 0.717) is 29.7 Å². The lowest BCUT2D eigenvalue weighted by Crippen LogP contribution is -2.13. The topological polar surface area (TPSA) is 78.3 Å². The van der Waals surface area contributed by atoms with E-state index in [9.17, 15) is 4.79 Å². The molecule has 0 unspecified atom stereocenters. The minimum Gasteiger partial charge on any atom is -0.493 e. The van der Waals surface area contributed by atoms with Gasteiger partial charge in [0.25, 0.3) is 0 Å². The molecule has 1 aromatic carbocycles. The van der Waals surface area contributed by atoms with Crippen LogP contribution in [0.5, 0.6) is 11.5 Å². The molecule has 0 aliphatic heterocycles. The molecule has 0 aliphatic rings. The smallest absolute Gasteiger partial charge is 0.249 e. The van der Waals surface area contributed by atoms with Gasteiger partial charge in [-0.1, -0.05) is 45.6 Å². The van der Waals surface area contributed by atoms with E-state index < -0.39 is 0 Å². The maximum atomic E-state index is 12.7. The van der Waals surface area contributed by atoms with Gasteiger partial charge in [0.05, 0.1) is 12.8 Å². The molecule has 0 fully saturated rings. The number of hydrogen-bond donors (Lipinski definition) is 1. The molecule has 7 heteroatoms. The number of nitrogens with zero attached hydrogens (tertiary/aromatic N) is 3. The summed E-state index contributed by atoms with van der Waals surface area (Å²) < 4.78 is 12.6. The number of ether oxygens (including phenoxy) is 2. The Hall–Kier alpha value is -3.87. The molecule has 0 saturated carbocycles. The largest absolute Gasteiger partial charge is 0.493 e. The number of methoxy groups -OCH3 is 1. The first-order valence-electron chi connectivity index (χ1n) is 10.2. The number of pyridine rings is 1. The van der Waals surface area contributed by atoms with Gasteiger partial charge in [0.1, 0.15) is 12.4 Å². The molecular formula is C25H28N4O3. The van der Waals surface area contributed by atoms with Crippen molar-refractivity contribution < 1.29 is 14.3 Å². The van der Waals surface area contributed by atoms with Gasteiger partial charge in [-0.3, -0.25) is 4.79 Å². The van der Waals surface area contributed by atoms with E-state index in [-0.39, 0.29) is 11.3 Å². The van der Waals surface area contributed by atoms with Gasteiger partial charge in [0.2, 0.25) is 5.91 Å². The van der Waals surface area contributed by atoms with Crippen LogP contribution in [0.15, 0.2) is 67.4 Å². The molecule has 3 aromatic rings. The van der Waals surface area contributed by atoms with Gasteiger partial charge in [0, 0.05) is 23.8 Å². The van der Waals surface area contributed by atoms with Crippen molar-refractivity contribution in [3.8, 4) is 17.3 Å². The molecule has 3 rings (SSSR count). The minimum absolute atomic E-state index is 0.179. The average Bonchev–Trinajstić information content (AvgIpc) is 3.21. The van der Waals surface area contributed by atoms with Crippen molar-refractivity contribution in [2.75, 3.05) is 19.0 Å². The predicted molar refractivity (Wildman–Crippen MR) is 126 cm³/mol. The average molecular weight is 433 g/mol. The normalized spacial score (nSPS) is 11.4. The molecule has 2 aromatic heterocycles. The fourth-order valence-electron chi connectivity index (χ4n) is 2.89. The Kier molecular flexibility index (Phi) is 7.10. The van der Waals surface area contributed by atoms with Crippen LogP contribution in [0.25, 0.3) is 11.9 Å². The van der Waals surface area contributed by atoms with Gasteiger partial charge in [-0.2, -0.15) is 9.78 Å². The van der Waals surface area contributed by atoms with E-state index >= 15 is 0 Å². The highest BCUT2D eigenvalue weighted by molar-refractivity contribution is 6.01. The van der Waals surface area contributed by atoms with E-state index in [1.807, 2.05) is 30.3 Å². The van der Waals surface area contributed by atoms with Crippen LogP contribution in [0.4, 0.5) is 5.82 Å². The number of rotatable bonds is 8. The lowest BCUT2D eigenvalue weighted by Gasteiger charge is -2.13. The quantitative estimate of drug-likeness (QED) is 0.409. The first kappa shape index (κ1) is 22.8. The van der Waals surface area contributed by atoms with Crippen LogP contribution in [0.3, 0.4) is 0 Å². The summed E-state index contributed by atoms with van der Waals surface area (Å²) in [6.07, 6.45) is 6.53. The van der Waals surface area contributed by atoms with E-state index in [4.69, 9.17) is 9.47 Å². The van der Waals surface area contributed by atoms with Crippen molar-refractivity contribution in [1.82, 2.24) is 14.8 Å². The summed E-state index contributed by atoms with van der Waals surface area (Å²) in [5.41, 5.74) is 1.47. The van der Waals surface area contributed by atoms with Gasteiger partial charge in [-0.05, 0) is 35.9 Å². The highest BCUT2D eigenvalue weighted by atomic mass is 16.5. The zero-order valence-electron chi connectivity index (χ0n) is 18.8. The number of nitrogens with one attached hydrogen (secondary N) is 1. The standard InChI is InChI=1S/C25H28N4O3/c1-6-15-32-19-12-10-18(16-20(19)31-5)11-13-24(30)27-23-17-21(25(2,3)4)28-29(23)22-9-7-8-14-26-22/h6-14,16-17H,1,15H2,2-5H3,(H,27,30)/b13-11+. The molecule has 166 valence electrons. The number of hydrogen-bond acceptors (Lipinski definition) is 5. The van der Waals surface area contributed by atoms with E-state index in [2.05, 4.69) is 42.7 Å². The van der Waals surface area contributed by atoms with Gasteiger partial charge in [-0.25, -0.2) is 4.98 Å². The van der Waals surface area contributed by atoms with Crippen LogP contribution in [-0.4, -0.2) is 34.4 Å². The summed E-state index contributed by atoms with van der Waals surface area (Å²) in [4.78, 5) is 17.0. The molecule has 7 nitrogen and oxygen atoms in total. The third-order valence-corrected chi connectivity index (χ3v) is 4.57. The lowest BCUT2D eigenvalue weighted by molar-refractivity contribution is -0.111. The minimum atomic E-state index is -0.284. The van der Waals surface area contributed by atoms with Crippen LogP contribution in [0.1, 0.15) is 32.0 Å². The summed E-state index contributed by atoms with van der Waals surface area (Å²) in [6, 6.07) is 12.9. The molecule has 0 bridgehead atoms. The van der Waals surface area contributed by atoms with Crippen molar-refractivity contribution in [2.45, 2.75) is 26.2 Å². The Morgan fingerprint density at radius 1 is 1.19 bits per heavy atom. The Bertz CT molecular complexity index is 1110. The SMILES string of the molecule is C=CCOc1ccc(/C=C/C(=O)Nc2cc(C(C)(C)C)nn2-c2ccccn2)cc1OC. The molecular weight excluding hydrogens is 404 g/mol. The van der Waals surface area contributed by atoms with Crippen LogP contribution in [-0.2, 0) is 10.2 Å². The molecule has 0 aliphatic carbocycles. The molecule has 0 radical (unpaired) electrons. The lowest BCUT2D eigenvalue weighted by atomic mass is 9.92. The number of amides is 1.